The van der Waals surface area contributed by atoms with Crippen molar-refractivity contribution in [2.24, 2.45) is 0 Å². The number of hydrogen-bond donors (Lipinski definition) is 3. The number of morpholine rings is 1. The lowest BCUT2D eigenvalue weighted by molar-refractivity contribution is -0.129. The van der Waals surface area contributed by atoms with Crippen LogP contribution in [0.5, 0.6) is 0 Å². The first-order valence-electron chi connectivity index (χ1n) is 10.7. The van der Waals surface area contributed by atoms with Crippen molar-refractivity contribution < 1.29 is 24.2 Å². The number of rotatable bonds is 9. The maximum Gasteiger partial charge on any atom is 0.234 e. The lowest BCUT2D eigenvalue weighted by atomic mass is 9.97. The third-order valence-corrected chi connectivity index (χ3v) is 5.47. The van der Waals surface area contributed by atoms with Gasteiger partial charge in [0.05, 0.1) is 44.9 Å². The van der Waals surface area contributed by atoms with Crippen LogP contribution in [0.15, 0.2) is 24.4 Å². The molecule has 9 heteroatoms. The molecule has 0 unspecified atom stereocenters. The van der Waals surface area contributed by atoms with Crippen molar-refractivity contribution in [1.29, 1.82) is 0 Å². The van der Waals surface area contributed by atoms with Crippen LogP contribution in [0.1, 0.15) is 25.0 Å². The average Bonchev–Trinajstić information content (AvgIpc) is 2.76. The Kier molecular flexibility index (Phi) is 9.00. The van der Waals surface area contributed by atoms with Crippen molar-refractivity contribution >= 4 is 11.8 Å². The molecule has 30 heavy (non-hydrogen) atoms. The van der Waals surface area contributed by atoms with E-state index in [9.17, 15) is 14.7 Å². The molecule has 2 aliphatic heterocycles. The first-order valence-corrected chi connectivity index (χ1v) is 10.7. The Morgan fingerprint density at radius 2 is 2.03 bits per heavy atom. The van der Waals surface area contributed by atoms with Crippen molar-refractivity contribution in [3.63, 3.8) is 0 Å². The molecule has 0 saturated carbocycles. The number of ether oxygens (including phenoxy) is 2. The largest absolute Gasteiger partial charge is 0.394 e. The van der Waals surface area contributed by atoms with Crippen LogP contribution < -0.4 is 10.6 Å². The van der Waals surface area contributed by atoms with E-state index in [1.165, 1.54) is 0 Å². The molecule has 1 aromatic rings. The van der Waals surface area contributed by atoms with E-state index < -0.39 is 6.10 Å². The summed E-state index contributed by atoms with van der Waals surface area (Å²) >= 11 is 0. The highest BCUT2D eigenvalue weighted by molar-refractivity contribution is 5.78. The number of amides is 2. The highest BCUT2D eigenvalue weighted by Gasteiger charge is 2.31. The zero-order chi connectivity index (χ0) is 21.2. The zero-order valence-corrected chi connectivity index (χ0v) is 17.3. The molecule has 2 aliphatic rings. The molecule has 166 valence electrons. The summed E-state index contributed by atoms with van der Waals surface area (Å²) in [7, 11) is 0. The Hall–Kier alpha value is -2.07. The first kappa shape index (κ1) is 22.6. The smallest absolute Gasteiger partial charge is 0.234 e. The Labute approximate surface area is 177 Å². The van der Waals surface area contributed by atoms with E-state index in [1.807, 2.05) is 18.2 Å². The molecule has 2 amide bonds. The fourth-order valence-electron chi connectivity index (χ4n) is 3.83. The van der Waals surface area contributed by atoms with Gasteiger partial charge in [0, 0.05) is 31.5 Å². The standard InChI is InChI=1S/C21H32N4O5/c26-15-19-18(24-20(27)13-16-3-1-2-7-22-16)5-4-17(30-19)6-8-23-21(28)14-25-9-11-29-12-10-25/h1-3,7,17-19,26H,4-6,8-15H2,(H,23,28)(H,24,27)/t17-,18+,19+/m0/s1. The minimum absolute atomic E-state index is 0.00563. The third-order valence-electron chi connectivity index (χ3n) is 5.47. The minimum Gasteiger partial charge on any atom is -0.394 e. The number of carbonyl (C=O) groups is 2. The van der Waals surface area contributed by atoms with Gasteiger partial charge in [0.15, 0.2) is 0 Å². The highest BCUT2D eigenvalue weighted by atomic mass is 16.5. The van der Waals surface area contributed by atoms with E-state index in [2.05, 4.69) is 20.5 Å². The number of aromatic nitrogens is 1. The number of nitrogens with zero attached hydrogens (tertiary/aromatic N) is 2. The Balaban J connectivity index is 1.35. The molecule has 9 nitrogen and oxygen atoms in total. The summed E-state index contributed by atoms with van der Waals surface area (Å²) in [6.45, 7) is 3.67. The fourth-order valence-corrected chi connectivity index (χ4v) is 3.83. The van der Waals surface area contributed by atoms with Gasteiger partial charge in [0.1, 0.15) is 6.10 Å². The monoisotopic (exact) mass is 420 g/mol. The quantitative estimate of drug-likeness (QED) is 0.493. The van der Waals surface area contributed by atoms with E-state index in [0.717, 1.165) is 25.9 Å². The maximum atomic E-state index is 12.3. The van der Waals surface area contributed by atoms with E-state index >= 15 is 0 Å². The third kappa shape index (κ3) is 7.32. The van der Waals surface area contributed by atoms with Gasteiger partial charge in [0.25, 0.3) is 0 Å². The average molecular weight is 421 g/mol. The molecule has 2 fully saturated rings. The number of nitrogens with one attached hydrogen (secondary N) is 2. The lowest BCUT2D eigenvalue weighted by Gasteiger charge is -2.36. The first-order chi connectivity index (χ1) is 14.6. The van der Waals surface area contributed by atoms with Crippen LogP contribution in [0.4, 0.5) is 0 Å². The molecule has 3 heterocycles. The molecule has 0 radical (unpaired) electrons. The van der Waals surface area contributed by atoms with Gasteiger partial charge >= 0.3 is 0 Å². The summed E-state index contributed by atoms with van der Waals surface area (Å²) < 4.78 is 11.3. The summed E-state index contributed by atoms with van der Waals surface area (Å²) in [6, 6.07) is 5.24. The number of pyridine rings is 1. The van der Waals surface area contributed by atoms with Gasteiger partial charge in [-0.25, -0.2) is 0 Å². The van der Waals surface area contributed by atoms with Crippen LogP contribution in [-0.4, -0.2) is 91.1 Å². The summed E-state index contributed by atoms with van der Waals surface area (Å²) in [5, 5.41) is 15.6. The zero-order valence-electron chi connectivity index (χ0n) is 17.3. The van der Waals surface area contributed by atoms with E-state index in [4.69, 9.17) is 9.47 Å². The molecular weight excluding hydrogens is 388 g/mol. The van der Waals surface area contributed by atoms with Crippen molar-refractivity contribution in [1.82, 2.24) is 20.5 Å². The molecule has 3 rings (SSSR count). The van der Waals surface area contributed by atoms with Gasteiger partial charge in [-0.2, -0.15) is 0 Å². The topological polar surface area (TPSA) is 113 Å². The van der Waals surface area contributed by atoms with Crippen molar-refractivity contribution in [3.05, 3.63) is 30.1 Å². The predicted molar refractivity (Wildman–Crippen MR) is 110 cm³/mol. The second kappa shape index (κ2) is 11.9. The van der Waals surface area contributed by atoms with Gasteiger partial charge in [-0.1, -0.05) is 6.07 Å². The van der Waals surface area contributed by atoms with E-state index in [-0.39, 0.29) is 37.0 Å². The predicted octanol–water partition coefficient (Wildman–Crippen LogP) is -0.513. The van der Waals surface area contributed by atoms with Crippen LogP contribution in [0.3, 0.4) is 0 Å². The molecule has 3 N–H and O–H groups in total. The molecule has 0 spiro atoms. The van der Waals surface area contributed by atoms with Crippen molar-refractivity contribution in [3.8, 4) is 0 Å². The number of aliphatic hydroxyl groups is 1. The Bertz CT molecular complexity index is 669. The summed E-state index contributed by atoms with van der Waals surface area (Å²) in [6.07, 6.45) is 3.55. The van der Waals surface area contributed by atoms with Crippen LogP contribution in [0, 0.1) is 0 Å². The number of hydrogen-bond acceptors (Lipinski definition) is 7. The number of aliphatic hydroxyl groups excluding tert-OH is 1. The SMILES string of the molecule is O=C(CN1CCOCC1)NCC[C@@H]1CC[C@@H](NC(=O)Cc2ccccn2)[C@@H](CO)O1. The van der Waals surface area contributed by atoms with Gasteiger partial charge in [-0.3, -0.25) is 19.5 Å². The van der Waals surface area contributed by atoms with E-state index in [1.54, 1.807) is 6.20 Å². The second-order valence-corrected chi connectivity index (χ2v) is 7.76. The minimum atomic E-state index is -0.444. The molecule has 3 atom stereocenters. The van der Waals surface area contributed by atoms with Gasteiger partial charge < -0.3 is 25.2 Å². The van der Waals surface area contributed by atoms with Gasteiger partial charge in [0.2, 0.25) is 11.8 Å². The second-order valence-electron chi connectivity index (χ2n) is 7.76. The van der Waals surface area contributed by atoms with Gasteiger partial charge in [-0.15, -0.1) is 0 Å². The molecule has 0 aromatic carbocycles. The van der Waals surface area contributed by atoms with Crippen molar-refractivity contribution in [2.45, 2.75) is 43.9 Å². The van der Waals surface area contributed by atoms with Crippen LogP contribution in [0.2, 0.25) is 0 Å². The highest BCUT2D eigenvalue weighted by Crippen LogP contribution is 2.21. The maximum absolute atomic E-state index is 12.3. The summed E-state index contributed by atoms with van der Waals surface area (Å²) in [5.74, 6) is -0.124. The molecule has 1 aromatic heterocycles. The Morgan fingerprint density at radius 3 is 2.77 bits per heavy atom. The van der Waals surface area contributed by atoms with Crippen LogP contribution in [0.25, 0.3) is 0 Å². The molecule has 2 saturated heterocycles. The lowest BCUT2D eigenvalue weighted by Crippen LogP contribution is -2.51. The van der Waals surface area contributed by atoms with Crippen LogP contribution in [-0.2, 0) is 25.5 Å². The fraction of sp³-hybridized carbons (Fsp3) is 0.667. The Morgan fingerprint density at radius 1 is 1.20 bits per heavy atom. The molecular formula is C21H32N4O5. The molecule has 0 bridgehead atoms. The summed E-state index contributed by atoms with van der Waals surface area (Å²) in [5.41, 5.74) is 0.706. The molecule has 0 aliphatic carbocycles. The number of carbonyl (C=O) groups excluding carboxylic acids is 2. The van der Waals surface area contributed by atoms with Crippen LogP contribution >= 0.6 is 0 Å². The van der Waals surface area contributed by atoms with Gasteiger partial charge in [-0.05, 0) is 31.4 Å². The normalized spacial score (nSPS) is 24.9. The van der Waals surface area contributed by atoms with Crippen molar-refractivity contribution in [2.75, 3.05) is 46.0 Å². The summed E-state index contributed by atoms with van der Waals surface area (Å²) in [4.78, 5) is 30.6. The van der Waals surface area contributed by atoms with E-state index in [0.29, 0.717) is 38.4 Å².